The highest BCUT2D eigenvalue weighted by atomic mass is 35.5. The van der Waals surface area contributed by atoms with Crippen molar-refractivity contribution in [3.05, 3.63) is 40.5 Å². The van der Waals surface area contributed by atoms with Gasteiger partial charge in [-0.15, -0.1) is 0 Å². The van der Waals surface area contributed by atoms with Crippen molar-refractivity contribution in [2.24, 2.45) is 0 Å². The van der Waals surface area contributed by atoms with E-state index in [1.165, 1.54) is 7.11 Å². The standard InChI is InChI=1S/C19H20ClF3N4O2/c1-29-12-6-4-11(5-7-12)13-10-14(19(21,22)23)27-17(24-13)15(20)16(25-27)18(28)26-8-2-3-9-26/h4-7,13-14,24H,2-3,8-10H2,1H3/t13-,14-/m0/s1. The molecule has 2 aliphatic heterocycles. The van der Waals surface area contributed by atoms with Gasteiger partial charge in [0.05, 0.1) is 13.2 Å². The molecule has 3 heterocycles. The average Bonchev–Trinajstić information content (AvgIpc) is 3.35. The van der Waals surface area contributed by atoms with Crippen molar-refractivity contribution >= 4 is 23.3 Å². The smallest absolute Gasteiger partial charge is 0.410 e. The van der Waals surface area contributed by atoms with Crippen molar-refractivity contribution in [3.8, 4) is 5.75 Å². The summed E-state index contributed by atoms with van der Waals surface area (Å²) < 4.78 is 47.4. The molecule has 4 rings (SSSR count). The first-order chi connectivity index (χ1) is 13.8. The molecule has 0 aliphatic carbocycles. The molecule has 10 heteroatoms. The lowest BCUT2D eigenvalue weighted by atomic mass is 9.97. The monoisotopic (exact) mass is 428 g/mol. The molecule has 6 nitrogen and oxygen atoms in total. The van der Waals surface area contributed by atoms with Gasteiger partial charge in [-0.05, 0) is 30.5 Å². The summed E-state index contributed by atoms with van der Waals surface area (Å²) in [7, 11) is 1.52. The lowest BCUT2D eigenvalue weighted by Crippen LogP contribution is -2.36. The predicted molar refractivity (Wildman–Crippen MR) is 101 cm³/mol. The van der Waals surface area contributed by atoms with Gasteiger partial charge in [-0.2, -0.15) is 18.3 Å². The van der Waals surface area contributed by atoms with E-state index in [1.807, 2.05) is 0 Å². The Kier molecular flexibility index (Phi) is 5.10. The number of fused-ring (bicyclic) bond motifs is 1. The Labute approximate surface area is 170 Å². The highest BCUT2D eigenvalue weighted by Gasteiger charge is 2.48. The van der Waals surface area contributed by atoms with Crippen LogP contribution in [0.4, 0.5) is 19.0 Å². The average molecular weight is 429 g/mol. The molecule has 0 unspecified atom stereocenters. The molecule has 1 aromatic carbocycles. The summed E-state index contributed by atoms with van der Waals surface area (Å²) in [6.45, 7) is 1.11. The van der Waals surface area contributed by atoms with Gasteiger partial charge < -0.3 is 15.0 Å². The van der Waals surface area contributed by atoms with Gasteiger partial charge in [0.2, 0.25) is 0 Å². The number of carbonyl (C=O) groups is 1. The molecule has 29 heavy (non-hydrogen) atoms. The molecule has 2 aliphatic rings. The van der Waals surface area contributed by atoms with E-state index >= 15 is 0 Å². The molecule has 0 saturated carbocycles. The molecule has 2 atom stereocenters. The van der Waals surface area contributed by atoms with Crippen LogP contribution in [0, 0.1) is 0 Å². The van der Waals surface area contributed by atoms with E-state index in [1.54, 1.807) is 29.2 Å². The van der Waals surface area contributed by atoms with Gasteiger partial charge in [-0.3, -0.25) is 4.79 Å². The van der Waals surface area contributed by atoms with Crippen LogP contribution >= 0.6 is 11.6 Å². The number of halogens is 4. The Hall–Kier alpha value is -2.42. The number of benzene rings is 1. The minimum absolute atomic E-state index is 0.0172. The quantitative estimate of drug-likeness (QED) is 0.785. The lowest BCUT2D eigenvalue weighted by molar-refractivity contribution is -0.173. The minimum Gasteiger partial charge on any atom is -0.497 e. The number of aromatic nitrogens is 2. The Morgan fingerprint density at radius 2 is 1.90 bits per heavy atom. The summed E-state index contributed by atoms with van der Waals surface area (Å²) >= 11 is 6.35. The van der Waals surface area contributed by atoms with Gasteiger partial charge in [-0.25, -0.2) is 4.68 Å². The number of carbonyl (C=O) groups excluding carboxylic acids is 1. The van der Waals surface area contributed by atoms with Gasteiger partial charge in [0, 0.05) is 19.5 Å². The second-order valence-corrected chi connectivity index (χ2v) is 7.60. The zero-order chi connectivity index (χ0) is 20.8. The van der Waals surface area contributed by atoms with E-state index in [2.05, 4.69) is 10.4 Å². The zero-order valence-electron chi connectivity index (χ0n) is 15.7. The molecule has 1 saturated heterocycles. The van der Waals surface area contributed by atoms with Crippen molar-refractivity contribution in [2.75, 3.05) is 25.5 Å². The Bertz CT molecular complexity index is 907. The third kappa shape index (κ3) is 3.63. The molecular weight excluding hydrogens is 409 g/mol. The molecule has 2 aromatic rings. The van der Waals surface area contributed by atoms with Gasteiger partial charge in [0.1, 0.15) is 16.6 Å². The number of alkyl halides is 3. The third-order valence-electron chi connectivity index (χ3n) is 5.41. The molecule has 0 radical (unpaired) electrons. The molecule has 1 amide bonds. The van der Waals surface area contributed by atoms with Gasteiger partial charge in [0.15, 0.2) is 11.7 Å². The van der Waals surface area contributed by atoms with Gasteiger partial charge in [0.25, 0.3) is 5.91 Å². The number of hydrogen-bond acceptors (Lipinski definition) is 4. The van der Waals surface area contributed by atoms with E-state index in [0.29, 0.717) is 24.4 Å². The largest absolute Gasteiger partial charge is 0.497 e. The number of anilines is 1. The number of hydrogen-bond donors (Lipinski definition) is 1. The van der Waals surface area contributed by atoms with Crippen LogP contribution < -0.4 is 10.1 Å². The summed E-state index contributed by atoms with van der Waals surface area (Å²) in [5.74, 6) is 0.195. The number of nitrogens with one attached hydrogen (secondary N) is 1. The molecule has 0 bridgehead atoms. The van der Waals surface area contributed by atoms with E-state index in [4.69, 9.17) is 16.3 Å². The van der Waals surface area contributed by atoms with Crippen LogP contribution in [-0.4, -0.2) is 47.0 Å². The summed E-state index contributed by atoms with van der Waals surface area (Å²) in [6, 6.07) is 4.28. The first-order valence-electron chi connectivity index (χ1n) is 9.34. The molecule has 1 N–H and O–H groups in total. The van der Waals surface area contributed by atoms with E-state index in [-0.39, 0.29) is 23.0 Å². The Balaban J connectivity index is 1.71. The van der Waals surface area contributed by atoms with E-state index in [9.17, 15) is 18.0 Å². The fourth-order valence-electron chi connectivity index (χ4n) is 3.85. The Morgan fingerprint density at radius 3 is 2.48 bits per heavy atom. The highest BCUT2D eigenvalue weighted by Crippen LogP contribution is 2.46. The summed E-state index contributed by atoms with van der Waals surface area (Å²) in [5, 5.41) is 6.96. The molecule has 1 aromatic heterocycles. The van der Waals surface area contributed by atoms with Crippen molar-refractivity contribution in [1.82, 2.24) is 14.7 Å². The normalized spacial score (nSPS) is 21.6. The van der Waals surface area contributed by atoms with Crippen molar-refractivity contribution in [2.45, 2.75) is 37.5 Å². The second-order valence-electron chi connectivity index (χ2n) is 7.22. The second kappa shape index (κ2) is 7.44. The maximum absolute atomic E-state index is 13.8. The van der Waals surface area contributed by atoms with Crippen LogP contribution in [0.25, 0.3) is 0 Å². The summed E-state index contributed by atoms with van der Waals surface area (Å²) in [5.41, 5.74) is 0.525. The molecular formula is C19H20ClF3N4O2. The number of amides is 1. The van der Waals surface area contributed by atoms with Crippen LogP contribution in [-0.2, 0) is 0 Å². The molecule has 0 spiro atoms. The Morgan fingerprint density at radius 1 is 1.24 bits per heavy atom. The number of methoxy groups -OCH3 is 1. The fraction of sp³-hybridized carbons (Fsp3) is 0.474. The van der Waals surface area contributed by atoms with Crippen LogP contribution in [0.3, 0.4) is 0 Å². The van der Waals surface area contributed by atoms with Gasteiger partial charge in [-0.1, -0.05) is 23.7 Å². The predicted octanol–water partition coefficient (Wildman–Crippen LogP) is 4.44. The summed E-state index contributed by atoms with van der Waals surface area (Å²) in [4.78, 5) is 14.3. The number of rotatable bonds is 3. The SMILES string of the molecule is COc1ccc([C@@H]2C[C@@H](C(F)(F)F)n3nc(C(=O)N4CCCC4)c(Cl)c3N2)cc1. The summed E-state index contributed by atoms with van der Waals surface area (Å²) in [6.07, 6.45) is -3.08. The van der Waals surface area contributed by atoms with Gasteiger partial charge >= 0.3 is 6.18 Å². The highest BCUT2D eigenvalue weighted by molar-refractivity contribution is 6.36. The molecule has 1 fully saturated rings. The number of ether oxygens (including phenoxy) is 1. The van der Waals surface area contributed by atoms with Crippen LogP contribution in [0.15, 0.2) is 24.3 Å². The molecule has 156 valence electrons. The van der Waals surface area contributed by atoms with Crippen molar-refractivity contribution < 1.29 is 22.7 Å². The maximum atomic E-state index is 13.8. The van der Waals surface area contributed by atoms with Crippen LogP contribution in [0.2, 0.25) is 5.02 Å². The van der Waals surface area contributed by atoms with Crippen molar-refractivity contribution in [3.63, 3.8) is 0 Å². The van der Waals surface area contributed by atoms with Crippen molar-refractivity contribution in [1.29, 1.82) is 0 Å². The number of likely N-dealkylation sites (tertiary alicyclic amines) is 1. The van der Waals surface area contributed by atoms with E-state index < -0.39 is 24.2 Å². The van der Waals surface area contributed by atoms with Crippen LogP contribution in [0.5, 0.6) is 5.75 Å². The first kappa shape index (κ1) is 19.9. The van der Waals surface area contributed by atoms with Crippen LogP contribution in [0.1, 0.15) is 47.4 Å². The lowest BCUT2D eigenvalue weighted by Gasteiger charge is -2.33. The zero-order valence-corrected chi connectivity index (χ0v) is 16.4. The first-order valence-corrected chi connectivity index (χ1v) is 9.72. The maximum Gasteiger partial charge on any atom is 0.410 e. The number of nitrogens with zero attached hydrogens (tertiary/aromatic N) is 3. The topological polar surface area (TPSA) is 59.4 Å². The third-order valence-corrected chi connectivity index (χ3v) is 5.77. The fourth-order valence-corrected chi connectivity index (χ4v) is 4.11. The minimum atomic E-state index is -4.54. The van der Waals surface area contributed by atoms with E-state index in [0.717, 1.165) is 17.5 Å².